The summed E-state index contributed by atoms with van der Waals surface area (Å²) in [6, 6.07) is 6.43. The van der Waals surface area contributed by atoms with Crippen LogP contribution in [0.1, 0.15) is 44.2 Å². The van der Waals surface area contributed by atoms with Crippen LogP contribution in [0.25, 0.3) is 0 Å². The van der Waals surface area contributed by atoms with E-state index in [-0.39, 0.29) is 0 Å². The van der Waals surface area contributed by atoms with Gasteiger partial charge >= 0.3 is 0 Å². The topological polar surface area (TPSA) is 37.0 Å². The fourth-order valence-corrected chi connectivity index (χ4v) is 2.65. The molecule has 98 valence electrons. The first kappa shape index (κ1) is 13.3. The number of pyridine rings is 1. The summed E-state index contributed by atoms with van der Waals surface area (Å²) in [4.78, 5) is 4.39. The molecule has 1 aliphatic carbocycles. The Balaban J connectivity index is 1.84. The van der Waals surface area contributed by atoms with Crippen molar-refractivity contribution in [1.82, 2.24) is 10.3 Å². The zero-order chi connectivity index (χ0) is 12.8. The van der Waals surface area contributed by atoms with Gasteiger partial charge in [0.05, 0.1) is 0 Å². The Hall–Kier alpha value is -1.16. The Kier molecular flexibility index (Phi) is 4.93. The number of aromatic nitrogens is 1. The van der Waals surface area contributed by atoms with E-state index in [0.29, 0.717) is 11.2 Å². The van der Waals surface area contributed by atoms with Gasteiger partial charge in [0.25, 0.3) is 0 Å². The fourth-order valence-electron chi connectivity index (χ4n) is 2.37. The number of hydrogen-bond donors (Lipinski definition) is 2. The lowest BCUT2D eigenvalue weighted by atomic mass is 10.1. The lowest BCUT2D eigenvalue weighted by Crippen LogP contribution is -2.37. The van der Waals surface area contributed by atoms with Crippen LogP contribution in [-0.4, -0.2) is 16.1 Å². The molecule has 2 rings (SSSR count). The van der Waals surface area contributed by atoms with E-state index in [4.69, 9.17) is 12.2 Å². The van der Waals surface area contributed by atoms with Crippen molar-refractivity contribution >= 4 is 23.1 Å². The largest absolute Gasteiger partial charge is 0.360 e. The number of nitrogens with zero attached hydrogens (tertiary/aromatic N) is 1. The number of hydrogen-bond acceptors (Lipinski definition) is 2. The first-order valence-electron chi connectivity index (χ1n) is 6.75. The molecule has 1 aromatic heterocycles. The van der Waals surface area contributed by atoms with Crippen LogP contribution in [0.5, 0.6) is 0 Å². The summed E-state index contributed by atoms with van der Waals surface area (Å²) in [7, 11) is 0. The van der Waals surface area contributed by atoms with Gasteiger partial charge in [-0.3, -0.25) is 0 Å². The van der Waals surface area contributed by atoms with E-state index in [2.05, 4.69) is 15.6 Å². The maximum Gasteiger partial charge on any atom is 0.172 e. The van der Waals surface area contributed by atoms with Gasteiger partial charge in [0.2, 0.25) is 0 Å². The third-order valence-corrected chi connectivity index (χ3v) is 3.54. The van der Waals surface area contributed by atoms with Crippen molar-refractivity contribution in [2.24, 2.45) is 0 Å². The van der Waals surface area contributed by atoms with Gasteiger partial charge in [-0.05, 0) is 44.1 Å². The van der Waals surface area contributed by atoms with E-state index in [1.165, 1.54) is 38.5 Å². The third kappa shape index (κ3) is 4.26. The van der Waals surface area contributed by atoms with E-state index in [9.17, 15) is 0 Å². The highest BCUT2D eigenvalue weighted by molar-refractivity contribution is 7.80. The Morgan fingerprint density at radius 1 is 1.22 bits per heavy atom. The first-order chi connectivity index (χ1) is 8.74. The van der Waals surface area contributed by atoms with E-state index in [1.54, 1.807) is 0 Å². The highest BCUT2D eigenvalue weighted by Crippen LogP contribution is 2.17. The van der Waals surface area contributed by atoms with Gasteiger partial charge < -0.3 is 10.6 Å². The molecule has 0 aliphatic heterocycles. The molecule has 1 heterocycles. The summed E-state index contributed by atoms with van der Waals surface area (Å²) >= 11 is 5.34. The molecule has 18 heavy (non-hydrogen) atoms. The van der Waals surface area contributed by atoms with Crippen LogP contribution in [0.15, 0.2) is 18.2 Å². The normalized spacial score (nSPS) is 16.9. The van der Waals surface area contributed by atoms with Gasteiger partial charge in [-0.15, -0.1) is 0 Å². The van der Waals surface area contributed by atoms with Crippen LogP contribution in [0.3, 0.4) is 0 Å². The SMILES string of the molecule is Cc1cccc(NC(=S)NC2CCCCCC2)n1. The summed E-state index contributed by atoms with van der Waals surface area (Å²) < 4.78 is 0. The number of rotatable bonds is 2. The quantitative estimate of drug-likeness (QED) is 0.633. The molecule has 0 radical (unpaired) electrons. The molecule has 0 unspecified atom stereocenters. The first-order valence-corrected chi connectivity index (χ1v) is 7.16. The predicted octanol–water partition coefficient (Wildman–Crippen LogP) is 3.40. The summed E-state index contributed by atoms with van der Waals surface area (Å²) in [5.41, 5.74) is 0.997. The number of aryl methyl sites for hydroxylation is 1. The minimum Gasteiger partial charge on any atom is -0.360 e. The van der Waals surface area contributed by atoms with Crippen molar-refractivity contribution in [1.29, 1.82) is 0 Å². The van der Waals surface area contributed by atoms with E-state index >= 15 is 0 Å². The number of anilines is 1. The lowest BCUT2D eigenvalue weighted by molar-refractivity contribution is 0.535. The predicted molar refractivity (Wildman–Crippen MR) is 79.8 cm³/mol. The molecule has 0 bridgehead atoms. The maximum absolute atomic E-state index is 5.34. The molecule has 1 aromatic rings. The van der Waals surface area contributed by atoms with E-state index < -0.39 is 0 Å². The van der Waals surface area contributed by atoms with E-state index in [1.807, 2.05) is 25.1 Å². The molecular formula is C14H21N3S. The molecule has 0 atom stereocenters. The van der Waals surface area contributed by atoms with Crippen LogP contribution in [-0.2, 0) is 0 Å². The molecular weight excluding hydrogens is 242 g/mol. The van der Waals surface area contributed by atoms with Crippen LogP contribution >= 0.6 is 12.2 Å². The molecule has 2 N–H and O–H groups in total. The van der Waals surface area contributed by atoms with Crippen LogP contribution in [0.4, 0.5) is 5.82 Å². The van der Waals surface area contributed by atoms with Crippen molar-refractivity contribution in [2.75, 3.05) is 5.32 Å². The molecule has 0 aromatic carbocycles. The van der Waals surface area contributed by atoms with Gasteiger partial charge in [-0.2, -0.15) is 0 Å². The summed E-state index contributed by atoms with van der Waals surface area (Å²) in [5, 5.41) is 7.26. The smallest absolute Gasteiger partial charge is 0.172 e. The summed E-state index contributed by atoms with van der Waals surface area (Å²) in [6.45, 7) is 1.98. The molecule has 1 fully saturated rings. The Morgan fingerprint density at radius 2 is 1.94 bits per heavy atom. The minimum atomic E-state index is 0.525. The highest BCUT2D eigenvalue weighted by atomic mass is 32.1. The second kappa shape index (κ2) is 6.69. The van der Waals surface area contributed by atoms with Crippen molar-refractivity contribution in [3.63, 3.8) is 0 Å². The average molecular weight is 263 g/mol. The van der Waals surface area contributed by atoms with Crippen LogP contribution in [0.2, 0.25) is 0 Å². The van der Waals surface area contributed by atoms with Gasteiger partial charge in [0.15, 0.2) is 5.11 Å². The van der Waals surface area contributed by atoms with Crippen molar-refractivity contribution in [3.05, 3.63) is 23.9 Å². The minimum absolute atomic E-state index is 0.525. The average Bonchev–Trinajstić information content (AvgIpc) is 2.57. The zero-order valence-electron chi connectivity index (χ0n) is 10.9. The molecule has 1 aliphatic rings. The zero-order valence-corrected chi connectivity index (χ0v) is 11.7. The van der Waals surface area contributed by atoms with Crippen molar-refractivity contribution < 1.29 is 0 Å². The van der Waals surface area contributed by atoms with E-state index in [0.717, 1.165) is 11.5 Å². The van der Waals surface area contributed by atoms with Gasteiger partial charge in [0.1, 0.15) is 5.82 Å². The lowest BCUT2D eigenvalue weighted by Gasteiger charge is -2.18. The molecule has 0 spiro atoms. The highest BCUT2D eigenvalue weighted by Gasteiger charge is 2.12. The second-order valence-corrected chi connectivity index (χ2v) is 5.36. The van der Waals surface area contributed by atoms with Gasteiger partial charge in [0, 0.05) is 11.7 Å². The van der Waals surface area contributed by atoms with Gasteiger partial charge in [-0.25, -0.2) is 4.98 Å². The standard InChI is InChI=1S/C14H21N3S/c1-11-7-6-10-13(15-11)17-14(18)16-12-8-4-2-3-5-9-12/h6-7,10,12H,2-5,8-9H2,1H3,(H2,15,16,17,18). The second-order valence-electron chi connectivity index (χ2n) is 4.95. The monoisotopic (exact) mass is 263 g/mol. The summed E-state index contributed by atoms with van der Waals surface area (Å²) in [5.74, 6) is 0.820. The molecule has 1 saturated carbocycles. The van der Waals surface area contributed by atoms with Crippen LogP contribution in [0, 0.1) is 6.92 Å². The number of nitrogens with one attached hydrogen (secondary N) is 2. The Labute approximate surface area is 114 Å². The number of thiocarbonyl (C=S) groups is 1. The van der Waals surface area contributed by atoms with Gasteiger partial charge in [-0.1, -0.05) is 31.7 Å². The fraction of sp³-hybridized carbons (Fsp3) is 0.571. The molecule has 0 saturated heterocycles. The molecule has 4 heteroatoms. The summed E-state index contributed by atoms with van der Waals surface area (Å²) in [6.07, 6.45) is 7.79. The molecule has 3 nitrogen and oxygen atoms in total. The van der Waals surface area contributed by atoms with Crippen molar-refractivity contribution in [2.45, 2.75) is 51.5 Å². The third-order valence-electron chi connectivity index (χ3n) is 3.32. The Bertz CT molecular complexity index is 398. The maximum atomic E-state index is 5.34. The van der Waals surface area contributed by atoms with Crippen LogP contribution < -0.4 is 10.6 Å². The molecule has 0 amide bonds. The van der Waals surface area contributed by atoms with Crippen molar-refractivity contribution in [3.8, 4) is 0 Å². The Morgan fingerprint density at radius 3 is 2.61 bits per heavy atom.